The fraction of sp³-hybridized carbons (Fsp3) is 0.429. The molecule has 1 aromatic heterocycles. The number of para-hydroxylation sites is 2. The first-order valence-corrected chi connectivity index (χ1v) is 13.1. The number of unbranched alkanes of at least 4 members (excludes halogenated alkanes) is 6. The average Bonchev–Trinajstić information content (AvgIpc) is 2.89. The van der Waals surface area contributed by atoms with Crippen LogP contribution in [0.3, 0.4) is 0 Å². The number of rotatable bonds is 14. The molecule has 0 amide bonds. The van der Waals surface area contributed by atoms with Crippen molar-refractivity contribution in [2.75, 3.05) is 0 Å². The van der Waals surface area contributed by atoms with Crippen molar-refractivity contribution in [3.63, 3.8) is 0 Å². The van der Waals surface area contributed by atoms with E-state index in [1.165, 1.54) is 6.07 Å². The van der Waals surface area contributed by atoms with Crippen molar-refractivity contribution in [1.29, 1.82) is 0 Å². The first kappa shape index (κ1) is 28.5. The Morgan fingerprint density at radius 1 is 0.921 bits per heavy atom. The Morgan fingerprint density at radius 3 is 2.18 bits per heavy atom. The molecule has 0 saturated heterocycles. The third-order valence-corrected chi connectivity index (χ3v) is 6.01. The number of hydrogen-bond acceptors (Lipinski definition) is 8. The van der Waals surface area contributed by atoms with Gasteiger partial charge < -0.3 is 14.5 Å². The second kappa shape index (κ2) is 14.0. The van der Waals surface area contributed by atoms with E-state index in [4.69, 9.17) is 9.47 Å². The van der Waals surface area contributed by atoms with Gasteiger partial charge in [0.25, 0.3) is 11.3 Å². The summed E-state index contributed by atoms with van der Waals surface area (Å²) in [5.74, 6) is -2.05. The zero-order valence-electron chi connectivity index (χ0n) is 21.8. The van der Waals surface area contributed by atoms with E-state index in [0.717, 1.165) is 44.6 Å². The molecule has 0 aliphatic rings. The molecule has 0 atom stereocenters. The average molecular weight is 524 g/mol. The number of nitrogens with one attached hydrogen (secondary N) is 1. The van der Waals surface area contributed by atoms with Crippen LogP contribution in [0.15, 0.2) is 41.2 Å². The predicted octanol–water partition coefficient (Wildman–Crippen LogP) is 6.25. The lowest BCUT2D eigenvalue weighted by Crippen LogP contribution is -2.15. The molecule has 202 valence electrons. The van der Waals surface area contributed by atoms with Crippen LogP contribution in [0, 0.1) is 10.1 Å². The van der Waals surface area contributed by atoms with Gasteiger partial charge in [-0.25, -0.2) is 4.98 Å². The molecule has 0 radical (unpaired) electrons. The lowest BCUT2D eigenvalue weighted by molar-refractivity contribution is -0.385. The number of nitro groups is 1. The molecule has 2 aromatic carbocycles. The number of esters is 2. The van der Waals surface area contributed by atoms with Crippen molar-refractivity contribution in [3.8, 4) is 22.8 Å². The molecule has 0 bridgehead atoms. The fourth-order valence-electron chi connectivity index (χ4n) is 3.99. The molecular formula is C28H33N3O7. The third-order valence-electron chi connectivity index (χ3n) is 6.01. The minimum absolute atomic E-state index is 0.0558. The van der Waals surface area contributed by atoms with E-state index in [1.807, 2.05) is 13.8 Å². The number of carbonyl (C=O) groups excluding carboxylic acids is 2. The van der Waals surface area contributed by atoms with Gasteiger partial charge in [-0.05, 0) is 31.0 Å². The number of ether oxygens (including phenoxy) is 2. The summed E-state index contributed by atoms with van der Waals surface area (Å²) in [4.78, 5) is 56.3. The molecule has 0 fully saturated rings. The summed E-state index contributed by atoms with van der Waals surface area (Å²) in [6.45, 7) is 4.09. The molecule has 0 aliphatic heterocycles. The minimum atomic E-state index is -0.739. The molecule has 3 aromatic rings. The molecule has 0 saturated carbocycles. The number of nitro benzene ring substituents is 1. The predicted molar refractivity (Wildman–Crippen MR) is 143 cm³/mol. The molecule has 0 spiro atoms. The summed E-state index contributed by atoms with van der Waals surface area (Å²) < 4.78 is 10.9. The van der Waals surface area contributed by atoms with Crippen LogP contribution in [0.25, 0.3) is 22.3 Å². The zero-order chi connectivity index (χ0) is 27.5. The zero-order valence-corrected chi connectivity index (χ0v) is 21.8. The van der Waals surface area contributed by atoms with Crippen LogP contribution in [0.1, 0.15) is 78.1 Å². The number of fused-ring (bicyclic) bond motifs is 1. The van der Waals surface area contributed by atoms with E-state index < -0.39 is 33.9 Å². The van der Waals surface area contributed by atoms with Crippen LogP contribution < -0.4 is 15.0 Å². The smallest absolute Gasteiger partial charge is 0.316 e. The Kier molecular flexibility index (Phi) is 10.5. The van der Waals surface area contributed by atoms with Crippen LogP contribution in [0.4, 0.5) is 5.69 Å². The van der Waals surface area contributed by atoms with E-state index in [9.17, 15) is 24.5 Å². The number of benzene rings is 2. The Labute approximate surface area is 220 Å². The van der Waals surface area contributed by atoms with Crippen molar-refractivity contribution >= 4 is 28.7 Å². The van der Waals surface area contributed by atoms with Gasteiger partial charge in [-0.15, -0.1) is 0 Å². The monoisotopic (exact) mass is 523 g/mol. The van der Waals surface area contributed by atoms with Crippen LogP contribution in [-0.2, 0) is 9.59 Å². The molecule has 10 nitrogen and oxygen atoms in total. The number of H-pyrrole nitrogens is 1. The van der Waals surface area contributed by atoms with Gasteiger partial charge in [-0.3, -0.25) is 24.5 Å². The van der Waals surface area contributed by atoms with Crippen LogP contribution in [0.2, 0.25) is 0 Å². The topological polar surface area (TPSA) is 141 Å². The van der Waals surface area contributed by atoms with Gasteiger partial charge in [0.05, 0.1) is 16.0 Å². The molecular weight excluding hydrogens is 490 g/mol. The Balaban J connectivity index is 2.02. The summed E-state index contributed by atoms with van der Waals surface area (Å²) in [7, 11) is 0. The normalized spacial score (nSPS) is 10.9. The van der Waals surface area contributed by atoms with Crippen molar-refractivity contribution in [1.82, 2.24) is 9.97 Å². The van der Waals surface area contributed by atoms with Gasteiger partial charge in [-0.1, -0.05) is 64.5 Å². The quantitative estimate of drug-likeness (QED) is 0.0859. The lowest BCUT2D eigenvalue weighted by atomic mass is 10.1. The Hall–Kier alpha value is -4.08. The summed E-state index contributed by atoms with van der Waals surface area (Å²) in [6, 6.07) is 9.25. The van der Waals surface area contributed by atoms with E-state index in [-0.39, 0.29) is 29.8 Å². The highest BCUT2D eigenvalue weighted by Crippen LogP contribution is 2.41. The summed E-state index contributed by atoms with van der Waals surface area (Å²) in [5, 5.41) is 12.0. The molecule has 10 heteroatoms. The second-order valence-electron chi connectivity index (χ2n) is 9.08. The number of carbonyl (C=O) groups is 2. The molecule has 1 heterocycles. The van der Waals surface area contributed by atoms with E-state index in [1.54, 1.807) is 24.3 Å². The highest BCUT2D eigenvalue weighted by atomic mass is 16.6. The lowest BCUT2D eigenvalue weighted by Gasteiger charge is -2.13. The van der Waals surface area contributed by atoms with Crippen molar-refractivity contribution in [2.24, 2.45) is 0 Å². The van der Waals surface area contributed by atoms with Gasteiger partial charge in [-0.2, -0.15) is 0 Å². The Morgan fingerprint density at radius 2 is 1.55 bits per heavy atom. The molecule has 38 heavy (non-hydrogen) atoms. The number of nitrogens with zero attached hydrogens (tertiary/aromatic N) is 2. The van der Waals surface area contributed by atoms with E-state index >= 15 is 0 Å². The van der Waals surface area contributed by atoms with Gasteiger partial charge in [0, 0.05) is 24.5 Å². The van der Waals surface area contributed by atoms with Gasteiger partial charge in [0.1, 0.15) is 5.69 Å². The standard InChI is InChI=1S/C28H33N3O7/c1-3-5-7-9-15-24(32)37-23-18-19(26-28(34)30-21-14-12-11-13-20(21)29-26)17-22(31(35)36)27(23)38-25(33)16-10-8-6-4-2/h11-14,17-18H,3-10,15-16H2,1-2H3,(H,30,34). The SMILES string of the molecule is CCCCCCC(=O)Oc1cc(-c2nc3ccccc3[nH]c2=O)cc([N+](=O)[O-])c1OC(=O)CCCCCC. The van der Waals surface area contributed by atoms with Crippen molar-refractivity contribution in [3.05, 3.63) is 56.9 Å². The number of hydrogen-bond donors (Lipinski definition) is 1. The summed E-state index contributed by atoms with van der Waals surface area (Å²) in [6.07, 6.45) is 6.88. The molecule has 0 aliphatic carbocycles. The van der Waals surface area contributed by atoms with Gasteiger partial charge >= 0.3 is 17.6 Å². The largest absolute Gasteiger partial charge is 0.422 e. The van der Waals surface area contributed by atoms with Crippen LogP contribution >= 0.6 is 0 Å². The Bertz CT molecular complexity index is 1350. The minimum Gasteiger partial charge on any atom is -0.422 e. The highest BCUT2D eigenvalue weighted by Gasteiger charge is 2.28. The summed E-state index contributed by atoms with van der Waals surface area (Å²) >= 11 is 0. The maximum absolute atomic E-state index is 12.8. The van der Waals surface area contributed by atoms with Crippen molar-refractivity contribution in [2.45, 2.75) is 78.1 Å². The van der Waals surface area contributed by atoms with Crippen LogP contribution in [-0.4, -0.2) is 26.8 Å². The first-order valence-electron chi connectivity index (χ1n) is 13.1. The van der Waals surface area contributed by atoms with Crippen molar-refractivity contribution < 1.29 is 24.0 Å². The highest BCUT2D eigenvalue weighted by molar-refractivity contribution is 5.82. The van der Waals surface area contributed by atoms with E-state index in [0.29, 0.717) is 23.9 Å². The molecule has 0 unspecified atom stereocenters. The third kappa shape index (κ3) is 7.71. The van der Waals surface area contributed by atoms with Gasteiger partial charge in [0.15, 0.2) is 5.75 Å². The maximum atomic E-state index is 12.8. The van der Waals surface area contributed by atoms with Crippen LogP contribution in [0.5, 0.6) is 11.5 Å². The molecule has 3 rings (SSSR count). The van der Waals surface area contributed by atoms with E-state index in [2.05, 4.69) is 9.97 Å². The first-order chi connectivity index (χ1) is 18.3. The maximum Gasteiger partial charge on any atom is 0.316 e. The van der Waals surface area contributed by atoms with Gasteiger partial charge in [0.2, 0.25) is 0 Å². The number of aromatic nitrogens is 2. The fourth-order valence-corrected chi connectivity index (χ4v) is 3.99. The summed E-state index contributed by atoms with van der Waals surface area (Å²) in [5.41, 5.74) is -0.238. The molecule has 1 N–H and O–H groups in total. The second-order valence-corrected chi connectivity index (χ2v) is 9.08. The number of aromatic amines is 1.